The van der Waals surface area contributed by atoms with Crippen LogP contribution in [0, 0.1) is 20.8 Å². The lowest BCUT2D eigenvalue weighted by atomic mass is 10.1. The molecule has 2 aromatic carbocycles. The number of carbonyl (C=O) groups is 1. The molecular formula is C20H21N3O3. The summed E-state index contributed by atoms with van der Waals surface area (Å²) in [4.78, 5) is 16.5. The van der Waals surface area contributed by atoms with Crippen molar-refractivity contribution >= 4 is 11.9 Å². The van der Waals surface area contributed by atoms with Crippen LogP contribution in [0.5, 0.6) is 5.75 Å². The number of anilines is 1. The normalized spacial score (nSPS) is 11.8. The molecule has 0 aliphatic carbocycles. The second-order valence-electron chi connectivity index (χ2n) is 6.37. The third-order valence-electron chi connectivity index (χ3n) is 3.80. The fourth-order valence-corrected chi connectivity index (χ4v) is 2.64. The zero-order valence-corrected chi connectivity index (χ0v) is 15.2. The van der Waals surface area contributed by atoms with Crippen LogP contribution in [0.25, 0.3) is 11.5 Å². The van der Waals surface area contributed by atoms with Gasteiger partial charge in [0.1, 0.15) is 5.75 Å². The summed E-state index contributed by atoms with van der Waals surface area (Å²) in [5.74, 6) is 0.772. The highest BCUT2D eigenvalue weighted by molar-refractivity contribution is 5.92. The van der Waals surface area contributed by atoms with Gasteiger partial charge in [-0.15, -0.1) is 0 Å². The minimum atomic E-state index is -0.697. The van der Waals surface area contributed by atoms with Crippen molar-refractivity contribution < 1.29 is 14.1 Å². The van der Waals surface area contributed by atoms with Crippen molar-refractivity contribution in [3.63, 3.8) is 0 Å². The van der Waals surface area contributed by atoms with E-state index >= 15 is 0 Å². The van der Waals surface area contributed by atoms with Gasteiger partial charge < -0.3 is 9.26 Å². The zero-order valence-electron chi connectivity index (χ0n) is 15.2. The highest BCUT2D eigenvalue weighted by Gasteiger charge is 2.18. The summed E-state index contributed by atoms with van der Waals surface area (Å²) in [6.45, 7) is 7.62. The van der Waals surface area contributed by atoms with Crippen LogP contribution >= 0.6 is 0 Å². The highest BCUT2D eigenvalue weighted by atomic mass is 16.5. The molecule has 1 heterocycles. The van der Waals surface area contributed by atoms with Gasteiger partial charge >= 0.3 is 0 Å². The minimum absolute atomic E-state index is 0.113. The van der Waals surface area contributed by atoms with Gasteiger partial charge in [-0.3, -0.25) is 10.1 Å². The molecule has 0 fully saturated rings. The van der Waals surface area contributed by atoms with Gasteiger partial charge in [-0.2, -0.15) is 4.98 Å². The zero-order chi connectivity index (χ0) is 18.7. The second-order valence-corrected chi connectivity index (χ2v) is 6.37. The maximum atomic E-state index is 12.3. The molecule has 1 amide bonds. The number of benzene rings is 2. The lowest BCUT2D eigenvalue weighted by Crippen LogP contribution is -2.30. The predicted molar refractivity (Wildman–Crippen MR) is 99.1 cm³/mol. The van der Waals surface area contributed by atoms with Crippen LogP contribution in [0.1, 0.15) is 23.6 Å². The first-order valence-electron chi connectivity index (χ1n) is 8.37. The van der Waals surface area contributed by atoms with Crippen molar-refractivity contribution in [2.24, 2.45) is 0 Å². The van der Waals surface area contributed by atoms with E-state index in [-0.39, 0.29) is 11.9 Å². The van der Waals surface area contributed by atoms with Gasteiger partial charge in [0, 0.05) is 5.56 Å². The fourth-order valence-electron chi connectivity index (χ4n) is 2.64. The molecule has 0 aliphatic rings. The van der Waals surface area contributed by atoms with Crippen LogP contribution in [-0.2, 0) is 4.79 Å². The number of carbonyl (C=O) groups excluding carboxylic acids is 1. The van der Waals surface area contributed by atoms with Crippen molar-refractivity contribution in [3.8, 4) is 17.2 Å². The number of hydrogen-bond donors (Lipinski definition) is 1. The third-order valence-corrected chi connectivity index (χ3v) is 3.80. The Balaban J connectivity index is 1.66. The summed E-state index contributed by atoms with van der Waals surface area (Å²) in [6.07, 6.45) is -0.697. The fraction of sp³-hybridized carbons (Fsp3) is 0.250. The number of nitrogens with zero attached hydrogens (tertiary/aromatic N) is 2. The van der Waals surface area contributed by atoms with E-state index in [1.165, 1.54) is 0 Å². The minimum Gasteiger partial charge on any atom is -0.481 e. The standard InChI is InChI=1S/C20H21N3O3/c1-12-6-5-7-16(9-12)19-22-20(23-26-19)21-18(24)15(4)25-17-10-13(2)8-14(3)11-17/h5-11,15H,1-4H3,(H,21,23,24)/t15-/m0/s1. The molecule has 1 atom stereocenters. The van der Waals surface area contributed by atoms with Crippen LogP contribution in [0.4, 0.5) is 5.95 Å². The first kappa shape index (κ1) is 17.7. The third kappa shape index (κ3) is 4.27. The molecule has 0 bridgehead atoms. The van der Waals surface area contributed by atoms with E-state index in [0.717, 1.165) is 22.3 Å². The Bertz CT molecular complexity index is 913. The largest absolute Gasteiger partial charge is 0.481 e. The number of aryl methyl sites for hydroxylation is 3. The van der Waals surface area contributed by atoms with E-state index in [1.54, 1.807) is 6.92 Å². The maximum absolute atomic E-state index is 12.3. The van der Waals surface area contributed by atoms with Crippen molar-refractivity contribution in [2.75, 3.05) is 5.32 Å². The smallest absolute Gasteiger partial charge is 0.270 e. The predicted octanol–water partition coefficient (Wildman–Crippen LogP) is 4.07. The maximum Gasteiger partial charge on any atom is 0.270 e. The van der Waals surface area contributed by atoms with E-state index in [4.69, 9.17) is 9.26 Å². The highest BCUT2D eigenvalue weighted by Crippen LogP contribution is 2.20. The second kappa shape index (κ2) is 7.39. The Morgan fingerprint density at radius 2 is 1.81 bits per heavy atom. The molecule has 6 nitrogen and oxygen atoms in total. The van der Waals surface area contributed by atoms with E-state index in [0.29, 0.717) is 11.6 Å². The van der Waals surface area contributed by atoms with Crippen molar-refractivity contribution in [2.45, 2.75) is 33.8 Å². The molecule has 3 rings (SSSR count). The summed E-state index contributed by atoms with van der Waals surface area (Å²) in [7, 11) is 0. The Labute approximate surface area is 152 Å². The van der Waals surface area contributed by atoms with Crippen LogP contribution in [0.3, 0.4) is 0 Å². The molecule has 1 aromatic heterocycles. The van der Waals surface area contributed by atoms with Gasteiger partial charge in [0.05, 0.1) is 0 Å². The van der Waals surface area contributed by atoms with Crippen LogP contribution in [0.15, 0.2) is 47.0 Å². The summed E-state index contributed by atoms with van der Waals surface area (Å²) >= 11 is 0. The Morgan fingerprint density at radius 3 is 2.50 bits per heavy atom. The van der Waals surface area contributed by atoms with Crippen molar-refractivity contribution in [3.05, 3.63) is 59.2 Å². The quantitative estimate of drug-likeness (QED) is 0.750. The average Bonchev–Trinajstić information content (AvgIpc) is 3.02. The Kier molecular flexibility index (Phi) is 5.02. The molecule has 0 saturated heterocycles. The molecule has 6 heteroatoms. The SMILES string of the molecule is Cc1cc(C)cc(O[C@@H](C)C(=O)Nc2noc(-c3cccc(C)c3)n2)c1. The van der Waals surface area contributed by atoms with Gasteiger partial charge in [0.15, 0.2) is 6.10 Å². The van der Waals surface area contributed by atoms with Crippen molar-refractivity contribution in [1.29, 1.82) is 0 Å². The van der Waals surface area contributed by atoms with E-state index in [9.17, 15) is 4.79 Å². The summed E-state index contributed by atoms with van der Waals surface area (Å²) < 4.78 is 10.9. The summed E-state index contributed by atoms with van der Waals surface area (Å²) in [5, 5.41) is 6.42. The lowest BCUT2D eigenvalue weighted by Gasteiger charge is -2.14. The van der Waals surface area contributed by atoms with Crippen LogP contribution in [-0.4, -0.2) is 22.2 Å². The first-order chi connectivity index (χ1) is 12.4. The number of nitrogens with one attached hydrogen (secondary N) is 1. The molecule has 0 spiro atoms. The van der Waals surface area contributed by atoms with E-state index < -0.39 is 6.10 Å². The van der Waals surface area contributed by atoms with Gasteiger partial charge in [0.2, 0.25) is 0 Å². The lowest BCUT2D eigenvalue weighted by molar-refractivity contribution is -0.122. The van der Waals surface area contributed by atoms with Crippen molar-refractivity contribution in [1.82, 2.24) is 10.1 Å². The number of aromatic nitrogens is 2. The number of amides is 1. The molecular weight excluding hydrogens is 330 g/mol. The van der Waals surface area contributed by atoms with Gasteiger partial charge in [-0.25, -0.2) is 0 Å². The molecule has 134 valence electrons. The number of hydrogen-bond acceptors (Lipinski definition) is 5. The Morgan fingerprint density at radius 1 is 1.08 bits per heavy atom. The molecule has 0 saturated carbocycles. The molecule has 26 heavy (non-hydrogen) atoms. The van der Waals surface area contributed by atoms with E-state index in [1.807, 2.05) is 63.2 Å². The molecule has 0 aliphatic heterocycles. The molecule has 0 unspecified atom stereocenters. The summed E-state index contributed by atoms with van der Waals surface area (Å²) in [5.41, 5.74) is 4.04. The first-order valence-corrected chi connectivity index (χ1v) is 8.37. The number of rotatable bonds is 5. The topological polar surface area (TPSA) is 77.2 Å². The average molecular weight is 351 g/mol. The van der Waals surface area contributed by atoms with Crippen LogP contribution in [0.2, 0.25) is 0 Å². The monoisotopic (exact) mass is 351 g/mol. The van der Waals surface area contributed by atoms with Gasteiger partial charge in [-0.05, 0) is 68.2 Å². The molecule has 1 N–H and O–H groups in total. The van der Waals surface area contributed by atoms with Gasteiger partial charge in [0.25, 0.3) is 17.7 Å². The Hall–Kier alpha value is -3.15. The van der Waals surface area contributed by atoms with Crippen LogP contribution < -0.4 is 10.1 Å². The summed E-state index contributed by atoms with van der Waals surface area (Å²) in [6, 6.07) is 13.5. The molecule has 3 aromatic rings. The molecule has 0 radical (unpaired) electrons. The number of ether oxygens (including phenoxy) is 1. The van der Waals surface area contributed by atoms with E-state index in [2.05, 4.69) is 15.5 Å². The van der Waals surface area contributed by atoms with Gasteiger partial charge in [-0.1, -0.05) is 23.8 Å².